The molecule has 0 aliphatic rings. The molecule has 0 heterocycles. The molecule has 0 aromatic heterocycles. The van der Waals surface area contributed by atoms with Gasteiger partial charge in [0.15, 0.2) is 0 Å². The van der Waals surface area contributed by atoms with Gasteiger partial charge in [0, 0.05) is 11.1 Å². The molecule has 0 bridgehead atoms. The second-order valence-electron chi connectivity index (χ2n) is 5.49. The lowest BCUT2D eigenvalue weighted by atomic mass is 10.1. The predicted octanol–water partition coefficient (Wildman–Crippen LogP) is 4.00. The van der Waals surface area contributed by atoms with Crippen molar-refractivity contribution in [1.29, 1.82) is 0 Å². The van der Waals surface area contributed by atoms with E-state index in [-0.39, 0.29) is 10.9 Å². The molecule has 1 unspecified atom stereocenters. The largest absolute Gasteiger partial charge is 0.496 e. The molecule has 2 aromatic carbocycles. The van der Waals surface area contributed by atoms with Crippen LogP contribution in [0.1, 0.15) is 29.7 Å². The Balaban J connectivity index is 2.32. The molecule has 0 radical (unpaired) electrons. The topological polar surface area (TPSA) is 55.4 Å². The van der Waals surface area contributed by atoms with Gasteiger partial charge in [0.1, 0.15) is 5.75 Å². The monoisotopic (exact) mass is 353 g/mol. The maximum absolute atomic E-state index is 12.6. The number of aryl methyl sites for hydroxylation is 2. The van der Waals surface area contributed by atoms with Crippen molar-refractivity contribution in [2.24, 2.45) is 0 Å². The van der Waals surface area contributed by atoms with Crippen LogP contribution in [-0.2, 0) is 10.0 Å². The molecule has 2 aromatic rings. The first-order chi connectivity index (χ1) is 10.7. The molecule has 124 valence electrons. The third-order valence-electron chi connectivity index (χ3n) is 3.63. The average Bonchev–Trinajstić information content (AvgIpc) is 2.46. The van der Waals surface area contributed by atoms with Gasteiger partial charge in [-0.05, 0) is 61.7 Å². The number of benzene rings is 2. The van der Waals surface area contributed by atoms with E-state index in [1.807, 2.05) is 19.9 Å². The van der Waals surface area contributed by atoms with Gasteiger partial charge in [-0.2, -0.15) is 0 Å². The molecular weight excluding hydrogens is 334 g/mol. The fraction of sp³-hybridized carbons (Fsp3) is 0.294. The molecule has 2 rings (SSSR count). The third-order valence-corrected chi connectivity index (χ3v) is 5.38. The first-order valence-corrected chi connectivity index (χ1v) is 9.03. The fourth-order valence-corrected chi connectivity index (χ4v) is 4.13. The maximum Gasteiger partial charge on any atom is 0.241 e. The molecule has 0 aliphatic carbocycles. The van der Waals surface area contributed by atoms with Crippen LogP contribution >= 0.6 is 11.6 Å². The summed E-state index contributed by atoms with van der Waals surface area (Å²) >= 11 is 5.96. The highest BCUT2D eigenvalue weighted by atomic mass is 35.5. The summed E-state index contributed by atoms with van der Waals surface area (Å²) < 4.78 is 33.2. The minimum atomic E-state index is -3.64. The van der Waals surface area contributed by atoms with Gasteiger partial charge in [0.25, 0.3) is 0 Å². The molecule has 0 aliphatic heterocycles. The SMILES string of the molecule is COc1c(C)cc(S(=O)(=O)NC(C)c2cccc(Cl)c2)cc1C. The Hall–Kier alpha value is -1.56. The number of hydrogen-bond acceptors (Lipinski definition) is 3. The van der Waals surface area contributed by atoms with Crippen LogP contribution in [0.3, 0.4) is 0 Å². The summed E-state index contributed by atoms with van der Waals surface area (Å²) in [7, 11) is -2.07. The van der Waals surface area contributed by atoms with Crippen LogP contribution < -0.4 is 9.46 Å². The highest BCUT2D eigenvalue weighted by Crippen LogP contribution is 2.27. The van der Waals surface area contributed by atoms with Gasteiger partial charge in [0.2, 0.25) is 10.0 Å². The zero-order chi connectivity index (χ0) is 17.2. The first-order valence-electron chi connectivity index (χ1n) is 7.17. The highest BCUT2D eigenvalue weighted by Gasteiger charge is 2.20. The predicted molar refractivity (Wildman–Crippen MR) is 92.7 cm³/mol. The second kappa shape index (κ2) is 6.91. The molecule has 1 N–H and O–H groups in total. The van der Waals surface area contributed by atoms with Crippen molar-refractivity contribution in [2.75, 3.05) is 7.11 Å². The highest BCUT2D eigenvalue weighted by molar-refractivity contribution is 7.89. The van der Waals surface area contributed by atoms with Crippen molar-refractivity contribution in [3.63, 3.8) is 0 Å². The van der Waals surface area contributed by atoms with E-state index in [1.165, 1.54) is 0 Å². The van der Waals surface area contributed by atoms with Gasteiger partial charge in [-0.1, -0.05) is 23.7 Å². The van der Waals surface area contributed by atoms with Crippen molar-refractivity contribution >= 4 is 21.6 Å². The number of halogens is 1. The van der Waals surface area contributed by atoms with Crippen molar-refractivity contribution in [2.45, 2.75) is 31.7 Å². The molecule has 23 heavy (non-hydrogen) atoms. The van der Waals surface area contributed by atoms with Crippen molar-refractivity contribution < 1.29 is 13.2 Å². The third kappa shape index (κ3) is 4.05. The quantitative estimate of drug-likeness (QED) is 0.883. The lowest BCUT2D eigenvalue weighted by Gasteiger charge is -2.17. The summed E-state index contributed by atoms with van der Waals surface area (Å²) in [6.45, 7) is 5.43. The van der Waals surface area contributed by atoms with E-state index in [0.29, 0.717) is 10.8 Å². The lowest BCUT2D eigenvalue weighted by Crippen LogP contribution is -2.27. The normalized spacial score (nSPS) is 12.9. The Morgan fingerprint density at radius 2 is 1.74 bits per heavy atom. The lowest BCUT2D eigenvalue weighted by molar-refractivity contribution is 0.408. The molecule has 1 atom stereocenters. The van der Waals surface area contributed by atoms with Crippen LogP contribution in [0, 0.1) is 13.8 Å². The molecule has 0 spiro atoms. The van der Waals surface area contributed by atoms with Crippen LogP contribution in [0.5, 0.6) is 5.75 Å². The van der Waals surface area contributed by atoms with E-state index in [2.05, 4.69) is 4.72 Å². The molecule has 0 amide bonds. The zero-order valence-corrected chi connectivity index (χ0v) is 15.1. The standard InChI is InChI=1S/C17H20ClNO3S/c1-11-8-16(9-12(2)17(11)22-4)23(20,21)19-13(3)14-6-5-7-15(18)10-14/h5-10,13,19H,1-4H3. The number of nitrogens with one attached hydrogen (secondary N) is 1. The Labute approximate surface area is 142 Å². The summed E-state index contributed by atoms with van der Waals surface area (Å²) in [5.41, 5.74) is 2.37. The number of sulfonamides is 1. The first kappa shape index (κ1) is 17.8. The smallest absolute Gasteiger partial charge is 0.241 e. The van der Waals surface area contributed by atoms with E-state index in [1.54, 1.807) is 44.4 Å². The van der Waals surface area contributed by atoms with Gasteiger partial charge in [-0.3, -0.25) is 0 Å². The molecule has 0 fully saturated rings. The van der Waals surface area contributed by atoms with E-state index in [4.69, 9.17) is 16.3 Å². The van der Waals surface area contributed by atoms with Gasteiger partial charge in [0.05, 0.1) is 12.0 Å². The molecule has 6 heteroatoms. The minimum Gasteiger partial charge on any atom is -0.496 e. The molecule has 0 saturated heterocycles. The molecule has 4 nitrogen and oxygen atoms in total. The second-order valence-corrected chi connectivity index (χ2v) is 7.64. The zero-order valence-electron chi connectivity index (χ0n) is 13.6. The Morgan fingerprint density at radius 3 is 2.26 bits per heavy atom. The van der Waals surface area contributed by atoms with Gasteiger partial charge in [-0.25, -0.2) is 13.1 Å². The van der Waals surface area contributed by atoms with Crippen molar-refractivity contribution in [1.82, 2.24) is 4.72 Å². The van der Waals surface area contributed by atoms with Crippen LogP contribution in [0.4, 0.5) is 0 Å². The van der Waals surface area contributed by atoms with Crippen molar-refractivity contribution in [3.8, 4) is 5.75 Å². The fourth-order valence-electron chi connectivity index (χ4n) is 2.53. The van der Waals surface area contributed by atoms with Crippen LogP contribution in [0.2, 0.25) is 5.02 Å². The Bertz CT molecular complexity index is 795. The van der Waals surface area contributed by atoms with Gasteiger partial charge in [-0.15, -0.1) is 0 Å². The van der Waals surface area contributed by atoms with Crippen LogP contribution in [0.15, 0.2) is 41.3 Å². The molecule has 0 saturated carbocycles. The number of ether oxygens (including phenoxy) is 1. The van der Waals surface area contributed by atoms with E-state index < -0.39 is 10.0 Å². The summed E-state index contributed by atoms with van der Waals surface area (Å²) in [4.78, 5) is 0.224. The summed E-state index contributed by atoms with van der Waals surface area (Å²) in [6.07, 6.45) is 0. The van der Waals surface area contributed by atoms with Crippen LogP contribution in [0.25, 0.3) is 0 Å². The van der Waals surface area contributed by atoms with Crippen LogP contribution in [-0.4, -0.2) is 15.5 Å². The van der Waals surface area contributed by atoms with E-state index in [0.717, 1.165) is 16.7 Å². The van der Waals surface area contributed by atoms with Gasteiger partial charge >= 0.3 is 0 Å². The van der Waals surface area contributed by atoms with Gasteiger partial charge < -0.3 is 4.74 Å². The molecular formula is C17H20ClNO3S. The number of methoxy groups -OCH3 is 1. The summed E-state index contributed by atoms with van der Waals surface area (Å²) in [5.74, 6) is 0.701. The minimum absolute atomic E-state index is 0.224. The summed E-state index contributed by atoms with van der Waals surface area (Å²) in [5, 5.41) is 0.574. The average molecular weight is 354 g/mol. The maximum atomic E-state index is 12.6. The summed E-state index contributed by atoms with van der Waals surface area (Å²) in [6, 6.07) is 9.97. The van der Waals surface area contributed by atoms with E-state index in [9.17, 15) is 8.42 Å². The number of hydrogen-bond donors (Lipinski definition) is 1. The Morgan fingerprint density at radius 1 is 1.13 bits per heavy atom. The van der Waals surface area contributed by atoms with E-state index >= 15 is 0 Å². The number of rotatable bonds is 5. The Kier molecular flexibility index (Phi) is 5.34. The van der Waals surface area contributed by atoms with Crippen molar-refractivity contribution in [3.05, 3.63) is 58.1 Å².